The minimum absolute atomic E-state index is 0.0125. The van der Waals surface area contributed by atoms with E-state index in [1.807, 2.05) is 0 Å². The molecule has 7 nitrogen and oxygen atoms in total. The van der Waals surface area contributed by atoms with Crippen LogP contribution < -0.4 is 9.46 Å². The summed E-state index contributed by atoms with van der Waals surface area (Å²) in [4.78, 5) is 14.2. The Bertz CT molecular complexity index is 903. The van der Waals surface area contributed by atoms with Gasteiger partial charge in [-0.2, -0.15) is 0 Å². The van der Waals surface area contributed by atoms with Crippen molar-refractivity contribution in [2.75, 3.05) is 24.9 Å². The van der Waals surface area contributed by atoms with E-state index in [4.69, 9.17) is 4.74 Å². The summed E-state index contributed by atoms with van der Waals surface area (Å²) in [5, 5.41) is 9.53. The summed E-state index contributed by atoms with van der Waals surface area (Å²) in [7, 11) is -2.18. The molecule has 1 aliphatic rings. The van der Waals surface area contributed by atoms with E-state index in [1.54, 1.807) is 41.3 Å². The molecule has 150 valence electrons. The molecule has 0 aliphatic carbocycles. The fraction of sp³-hybridized carbons (Fsp3) is 0.350. The van der Waals surface area contributed by atoms with E-state index in [0.29, 0.717) is 37.4 Å². The standard InChI is InChI=1S/C20H24N2O5S/c1-27-18-6-8-19(9-7-18)28(25,26)21-16-4-2-15(3-5-16)14-20(24)22-12-10-17(23)11-13-22/h2-9,17,21,23H,10-14H2,1H3. The maximum atomic E-state index is 12.5. The van der Waals surface area contributed by atoms with Gasteiger partial charge in [0, 0.05) is 18.8 Å². The van der Waals surface area contributed by atoms with Gasteiger partial charge in [-0.3, -0.25) is 9.52 Å². The highest BCUT2D eigenvalue weighted by atomic mass is 32.2. The molecule has 1 saturated heterocycles. The lowest BCUT2D eigenvalue weighted by atomic mass is 10.1. The van der Waals surface area contributed by atoms with Crippen LogP contribution in [0.1, 0.15) is 18.4 Å². The van der Waals surface area contributed by atoms with E-state index in [9.17, 15) is 18.3 Å². The second-order valence-corrected chi connectivity index (χ2v) is 8.45. The Kier molecular flexibility index (Phi) is 6.21. The molecular formula is C20H24N2O5S. The fourth-order valence-corrected chi connectivity index (χ4v) is 4.12. The molecule has 0 spiro atoms. The lowest BCUT2D eigenvalue weighted by Crippen LogP contribution is -2.40. The molecule has 3 rings (SSSR count). The number of amides is 1. The second kappa shape index (κ2) is 8.62. The molecule has 0 atom stereocenters. The Morgan fingerprint density at radius 3 is 2.29 bits per heavy atom. The van der Waals surface area contributed by atoms with Crippen LogP contribution >= 0.6 is 0 Å². The van der Waals surface area contributed by atoms with Crippen molar-refractivity contribution < 1.29 is 23.1 Å². The number of likely N-dealkylation sites (tertiary alicyclic amines) is 1. The summed E-state index contributed by atoms with van der Waals surface area (Å²) in [6.45, 7) is 1.14. The number of ether oxygens (including phenoxy) is 1. The summed E-state index contributed by atoms with van der Waals surface area (Å²) in [5.74, 6) is 0.592. The zero-order chi connectivity index (χ0) is 20.1. The molecule has 0 bridgehead atoms. The Labute approximate surface area is 165 Å². The zero-order valence-electron chi connectivity index (χ0n) is 15.7. The highest BCUT2D eigenvalue weighted by Crippen LogP contribution is 2.20. The Morgan fingerprint density at radius 1 is 1.11 bits per heavy atom. The van der Waals surface area contributed by atoms with Crippen molar-refractivity contribution in [1.29, 1.82) is 0 Å². The monoisotopic (exact) mass is 404 g/mol. The number of sulfonamides is 1. The predicted octanol–water partition coefficient (Wildman–Crippen LogP) is 2.02. The van der Waals surface area contributed by atoms with E-state index in [0.717, 1.165) is 5.56 Å². The summed E-state index contributed by atoms with van der Waals surface area (Å²) in [6.07, 6.45) is 1.15. The van der Waals surface area contributed by atoms with Gasteiger partial charge in [-0.1, -0.05) is 12.1 Å². The van der Waals surface area contributed by atoms with Gasteiger partial charge in [0.1, 0.15) is 5.75 Å². The summed E-state index contributed by atoms with van der Waals surface area (Å²) in [6, 6.07) is 12.9. The van der Waals surface area contributed by atoms with Crippen LogP contribution in [0, 0.1) is 0 Å². The van der Waals surface area contributed by atoms with Gasteiger partial charge in [0.15, 0.2) is 0 Å². The van der Waals surface area contributed by atoms with Gasteiger partial charge >= 0.3 is 0 Å². The number of methoxy groups -OCH3 is 1. The van der Waals surface area contributed by atoms with Crippen LogP contribution in [0.5, 0.6) is 5.75 Å². The van der Waals surface area contributed by atoms with E-state index in [2.05, 4.69) is 4.72 Å². The van der Waals surface area contributed by atoms with E-state index < -0.39 is 10.0 Å². The first-order valence-corrected chi connectivity index (χ1v) is 10.6. The van der Waals surface area contributed by atoms with Crippen LogP contribution in [-0.4, -0.2) is 50.6 Å². The minimum Gasteiger partial charge on any atom is -0.497 e. The lowest BCUT2D eigenvalue weighted by molar-refractivity contribution is -0.132. The van der Waals surface area contributed by atoms with Gasteiger partial charge in [0.05, 0.1) is 24.5 Å². The Hall–Kier alpha value is -2.58. The van der Waals surface area contributed by atoms with Gasteiger partial charge in [-0.05, 0) is 54.8 Å². The third-order valence-electron chi connectivity index (χ3n) is 4.75. The molecule has 2 aromatic rings. The first-order chi connectivity index (χ1) is 13.4. The Morgan fingerprint density at radius 2 is 1.71 bits per heavy atom. The van der Waals surface area contributed by atoms with Gasteiger partial charge in [0.2, 0.25) is 5.91 Å². The van der Waals surface area contributed by atoms with E-state index >= 15 is 0 Å². The van der Waals surface area contributed by atoms with Crippen LogP contribution in [0.2, 0.25) is 0 Å². The highest BCUT2D eigenvalue weighted by Gasteiger charge is 2.21. The highest BCUT2D eigenvalue weighted by molar-refractivity contribution is 7.92. The molecule has 0 aromatic heterocycles. The summed E-state index contributed by atoms with van der Waals surface area (Å²) in [5.41, 5.74) is 1.23. The topological polar surface area (TPSA) is 95.9 Å². The van der Waals surface area contributed by atoms with Gasteiger partial charge < -0.3 is 14.7 Å². The van der Waals surface area contributed by atoms with Crippen LogP contribution in [0.25, 0.3) is 0 Å². The van der Waals surface area contributed by atoms with Crippen molar-refractivity contribution >= 4 is 21.6 Å². The first-order valence-electron chi connectivity index (χ1n) is 9.09. The quantitative estimate of drug-likeness (QED) is 0.768. The van der Waals surface area contributed by atoms with Gasteiger partial charge in [0.25, 0.3) is 10.0 Å². The van der Waals surface area contributed by atoms with Crippen molar-refractivity contribution in [2.45, 2.75) is 30.3 Å². The number of carbonyl (C=O) groups excluding carboxylic acids is 1. The maximum absolute atomic E-state index is 12.5. The third-order valence-corrected chi connectivity index (χ3v) is 6.15. The second-order valence-electron chi connectivity index (χ2n) is 6.77. The molecule has 8 heteroatoms. The normalized spacial score (nSPS) is 15.3. The number of hydrogen-bond acceptors (Lipinski definition) is 5. The number of nitrogens with zero attached hydrogens (tertiary/aromatic N) is 1. The number of carbonyl (C=O) groups is 1. The average molecular weight is 404 g/mol. The molecule has 1 fully saturated rings. The lowest BCUT2D eigenvalue weighted by Gasteiger charge is -2.29. The van der Waals surface area contributed by atoms with Gasteiger partial charge in [-0.25, -0.2) is 8.42 Å². The fourth-order valence-electron chi connectivity index (χ4n) is 3.06. The van der Waals surface area contributed by atoms with Crippen molar-refractivity contribution in [3.63, 3.8) is 0 Å². The molecule has 0 saturated carbocycles. The number of rotatable bonds is 6. The van der Waals surface area contributed by atoms with Crippen molar-refractivity contribution in [3.05, 3.63) is 54.1 Å². The molecule has 2 N–H and O–H groups in total. The number of benzene rings is 2. The van der Waals surface area contributed by atoms with Crippen LogP contribution in [-0.2, 0) is 21.2 Å². The number of nitrogens with one attached hydrogen (secondary N) is 1. The SMILES string of the molecule is COc1ccc(S(=O)(=O)Nc2ccc(CC(=O)N3CCC(O)CC3)cc2)cc1. The van der Waals surface area contributed by atoms with Gasteiger partial charge in [-0.15, -0.1) is 0 Å². The van der Waals surface area contributed by atoms with Crippen molar-refractivity contribution in [1.82, 2.24) is 4.90 Å². The number of aliphatic hydroxyl groups is 1. The van der Waals surface area contributed by atoms with Crippen LogP contribution in [0.15, 0.2) is 53.4 Å². The molecule has 1 heterocycles. The predicted molar refractivity (Wildman–Crippen MR) is 106 cm³/mol. The van der Waals surface area contributed by atoms with E-state index in [-0.39, 0.29) is 23.3 Å². The smallest absolute Gasteiger partial charge is 0.261 e. The van der Waals surface area contributed by atoms with Crippen molar-refractivity contribution in [3.8, 4) is 5.75 Å². The molecule has 0 unspecified atom stereocenters. The number of aliphatic hydroxyl groups excluding tert-OH is 1. The number of anilines is 1. The summed E-state index contributed by atoms with van der Waals surface area (Å²) >= 11 is 0. The van der Waals surface area contributed by atoms with Crippen molar-refractivity contribution in [2.24, 2.45) is 0 Å². The molecular weight excluding hydrogens is 380 g/mol. The maximum Gasteiger partial charge on any atom is 0.261 e. The molecule has 0 radical (unpaired) electrons. The molecule has 1 aliphatic heterocycles. The molecule has 2 aromatic carbocycles. The van der Waals surface area contributed by atoms with E-state index in [1.165, 1.54) is 19.2 Å². The van der Waals surface area contributed by atoms with Crippen LogP contribution in [0.4, 0.5) is 5.69 Å². The largest absolute Gasteiger partial charge is 0.497 e. The Balaban J connectivity index is 1.61. The number of piperidine rings is 1. The minimum atomic E-state index is -3.70. The molecule has 28 heavy (non-hydrogen) atoms. The number of hydrogen-bond donors (Lipinski definition) is 2. The first kappa shape index (κ1) is 20.2. The zero-order valence-corrected chi connectivity index (χ0v) is 16.5. The third kappa shape index (κ3) is 5.02. The van der Waals surface area contributed by atoms with Crippen LogP contribution in [0.3, 0.4) is 0 Å². The average Bonchev–Trinajstić information content (AvgIpc) is 2.70. The summed E-state index contributed by atoms with van der Waals surface area (Å²) < 4.78 is 32.5. The molecule has 1 amide bonds.